The van der Waals surface area contributed by atoms with Crippen molar-refractivity contribution in [2.24, 2.45) is 23.7 Å². The van der Waals surface area contributed by atoms with E-state index < -0.39 is 58.4 Å². The van der Waals surface area contributed by atoms with E-state index in [2.05, 4.69) is 5.43 Å². The number of ether oxygens (including phenoxy) is 2. The van der Waals surface area contributed by atoms with Crippen LogP contribution in [0, 0.1) is 36.4 Å². The number of hydrogen-bond acceptors (Lipinski definition) is 8. The molecule has 10 nitrogen and oxygen atoms in total. The van der Waals surface area contributed by atoms with E-state index in [0.717, 1.165) is 21.7 Å². The molecule has 302 valence electrons. The fourth-order valence-electron chi connectivity index (χ4n) is 9.97. The molecule has 5 aromatic carbocycles. The van der Waals surface area contributed by atoms with Crippen LogP contribution in [0.25, 0.3) is 12.2 Å². The molecule has 4 amide bonds. The number of phenols is 1. The zero-order chi connectivity index (χ0) is 41.9. The number of anilines is 2. The quantitative estimate of drug-likeness (QED) is 0.0868. The van der Waals surface area contributed by atoms with Gasteiger partial charge in [-0.05, 0) is 97.0 Å². The Morgan fingerprint density at radius 2 is 1.55 bits per heavy atom. The Bertz CT molecular complexity index is 2610. The van der Waals surface area contributed by atoms with Crippen molar-refractivity contribution in [2.45, 2.75) is 31.1 Å². The van der Waals surface area contributed by atoms with E-state index in [-0.39, 0.29) is 24.7 Å². The number of carbonyl (C=O) groups is 4. The number of nitrogens with one attached hydrogen (secondary N) is 1. The van der Waals surface area contributed by atoms with Crippen molar-refractivity contribution in [2.75, 3.05) is 24.5 Å². The highest BCUT2D eigenvalue weighted by Gasteiger charge is 2.70. The summed E-state index contributed by atoms with van der Waals surface area (Å²) in [5.41, 5.74) is 6.73. The first-order valence-corrected chi connectivity index (χ1v) is 19.9. The van der Waals surface area contributed by atoms with Crippen LogP contribution in [-0.4, -0.2) is 48.0 Å². The van der Waals surface area contributed by atoms with E-state index in [0.29, 0.717) is 39.6 Å². The van der Waals surface area contributed by atoms with Crippen LogP contribution in [0.3, 0.4) is 0 Å². The van der Waals surface area contributed by atoms with Gasteiger partial charge in [-0.3, -0.25) is 29.5 Å². The first-order chi connectivity index (χ1) is 29.0. The smallest absolute Gasteiger partial charge is 0.260 e. The van der Waals surface area contributed by atoms with E-state index in [9.17, 15) is 19.5 Å². The predicted octanol–water partition coefficient (Wildman–Crippen LogP) is 8.22. The van der Waals surface area contributed by atoms with Crippen molar-refractivity contribution in [1.29, 1.82) is 0 Å². The number of methoxy groups -OCH3 is 2. The summed E-state index contributed by atoms with van der Waals surface area (Å²) in [4.78, 5) is 60.5. The highest BCUT2D eigenvalue weighted by molar-refractivity contribution is 6.22. The third-order valence-corrected chi connectivity index (χ3v) is 12.7. The lowest BCUT2D eigenvalue weighted by molar-refractivity contribution is -0.138. The van der Waals surface area contributed by atoms with Crippen molar-refractivity contribution in [3.05, 3.63) is 161 Å². The third-order valence-electron chi connectivity index (χ3n) is 12.7. The molecule has 0 bridgehead atoms. The monoisotopic (exact) mass is 803 g/mol. The summed E-state index contributed by atoms with van der Waals surface area (Å²) >= 11 is 0. The van der Waals surface area contributed by atoms with E-state index >= 15 is 9.18 Å². The molecule has 0 unspecified atom stereocenters. The Labute approximate surface area is 346 Å². The zero-order valence-electron chi connectivity index (χ0n) is 33.2. The van der Waals surface area contributed by atoms with Gasteiger partial charge in [0.05, 0.1) is 48.8 Å². The number of carbonyl (C=O) groups excluding carboxylic acids is 4. The average Bonchev–Trinajstić information content (AvgIpc) is 3.65. The van der Waals surface area contributed by atoms with Gasteiger partial charge >= 0.3 is 0 Å². The minimum absolute atomic E-state index is 0.0972. The topological polar surface area (TPSA) is 125 Å². The highest BCUT2D eigenvalue weighted by atomic mass is 19.1. The molecule has 2 aliphatic carbocycles. The molecule has 11 heteroatoms. The van der Waals surface area contributed by atoms with E-state index in [4.69, 9.17) is 9.47 Å². The Morgan fingerprint density at radius 3 is 2.25 bits per heavy atom. The lowest BCUT2D eigenvalue weighted by Gasteiger charge is -2.50. The molecule has 0 aromatic heterocycles. The molecule has 2 saturated heterocycles. The Balaban J connectivity index is 1.10. The van der Waals surface area contributed by atoms with Gasteiger partial charge in [-0.2, -0.15) is 5.01 Å². The van der Waals surface area contributed by atoms with Crippen molar-refractivity contribution in [3.8, 4) is 17.2 Å². The summed E-state index contributed by atoms with van der Waals surface area (Å²) in [6.45, 7) is 1.94. The first-order valence-electron chi connectivity index (χ1n) is 19.9. The SMILES string of the molecule is COc1ccc(OC)c(C=Cc2ccc(N3C(=O)[C@H]4[C@H](CC=C5[C@H]4C[C@H]4C(=O)N(Nc6ccc(C)cc6)C(=O)[C@@]4(c4ccccc4)[C@H]5c4ccc(O)c(F)c4)C3=O)cc2)c1. The number of amides is 4. The minimum atomic E-state index is -1.56. The number of aryl methyl sites for hydroxylation is 1. The second kappa shape index (κ2) is 15.0. The van der Waals surface area contributed by atoms with Crippen molar-refractivity contribution >= 4 is 47.2 Å². The summed E-state index contributed by atoms with van der Waals surface area (Å²) in [5.74, 6) is -5.91. The number of aromatic hydroxyl groups is 1. The summed E-state index contributed by atoms with van der Waals surface area (Å²) in [7, 11) is 3.19. The van der Waals surface area contributed by atoms with Crippen LogP contribution in [0.1, 0.15) is 46.6 Å². The van der Waals surface area contributed by atoms with Gasteiger partial charge in [-0.15, -0.1) is 0 Å². The van der Waals surface area contributed by atoms with Crippen LogP contribution in [0.5, 0.6) is 17.2 Å². The van der Waals surface area contributed by atoms with Gasteiger partial charge in [0.15, 0.2) is 11.6 Å². The molecule has 0 radical (unpaired) electrons. The van der Waals surface area contributed by atoms with E-state index in [1.807, 2.05) is 85.8 Å². The number of imide groups is 2. The Hall–Kier alpha value is -7.01. The minimum Gasteiger partial charge on any atom is -0.505 e. The van der Waals surface area contributed by atoms with Gasteiger partial charge < -0.3 is 14.6 Å². The normalized spacial score (nSPS) is 24.6. The van der Waals surface area contributed by atoms with Crippen LogP contribution in [-0.2, 0) is 24.6 Å². The molecule has 2 aliphatic heterocycles. The maximum absolute atomic E-state index is 15.4. The molecule has 9 rings (SSSR count). The number of halogens is 1. The Kier molecular flexibility index (Phi) is 9.61. The van der Waals surface area contributed by atoms with Gasteiger partial charge in [0.25, 0.3) is 11.8 Å². The third kappa shape index (κ3) is 6.06. The average molecular weight is 804 g/mol. The second-order valence-electron chi connectivity index (χ2n) is 15.8. The largest absolute Gasteiger partial charge is 0.505 e. The zero-order valence-corrected chi connectivity index (χ0v) is 33.2. The second-order valence-corrected chi connectivity index (χ2v) is 15.8. The number of phenolic OH excluding ortho intramolecular Hbond substituents is 1. The Morgan fingerprint density at radius 1 is 0.800 bits per heavy atom. The summed E-state index contributed by atoms with van der Waals surface area (Å²) in [5, 5.41) is 11.4. The lowest BCUT2D eigenvalue weighted by Crippen LogP contribution is -2.53. The molecule has 2 heterocycles. The van der Waals surface area contributed by atoms with Gasteiger partial charge in [0.2, 0.25) is 11.8 Å². The number of nitrogens with zero attached hydrogens (tertiary/aromatic N) is 2. The fraction of sp³-hybridized carbons (Fsp3) is 0.224. The first kappa shape index (κ1) is 38.5. The number of rotatable bonds is 9. The predicted molar refractivity (Wildman–Crippen MR) is 224 cm³/mol. The molecular weight excluding hydrogens is 762 g/mol. The fourth-order valence-corrected chi connectivity index (χ4v) is 9.97. The number of hydrogen-bond donors (Lipinski definition) is 2. The molecule has 4 aliphatic rings. The van der Waals surface area contributed by atoms with Crippen LogP contribution < -0.4 is 19.8 Å². The molecule has 5 aromatic rings. The molecule has 0 spiro atoms. The van der Waals surface area contributed by atoms with Crippen molar-refractivity contribution in [1.82, 2.24) is 5.01 Å². The summed E-state index contributed by atoms with van der Waals surface area (Å²) in [6.07, 6.45) is 6.02. The molecule has 3 fully saturated rings. The standard InChI is InChI=1S/C49H42FN3O7/c1-28-9-16-33(17-10-28)51-53-46(56)39-27-38-36(44(31-15-23-41(54)40(50)26-31)49(39,48(53)58)32-7-5-4-6-8-32)21-22-37-43(38)47(57)52(45(37)55)34-18-12-29(13-19-34)11-14-30-25-35(59-2)20-24-42(30)60-3/h4-21,23-26,37-39,43-44,51,54H,22,27H2,1-3H3/t37-,38+,39-,43-,44-,49+/m0/s1. The number of benzene rings is 5. The van der Waals surface area contributed by atoms with Gasteiger partial charge in [-0.1, -0.05) is 90.0 Å². The van der Waals surface area contributed by atoms with Crippen LogP contribution >= 0.6 is 0 Å². The van der Waals surface area contributed by atoms with Crippen LogP contribution in [0.4, 0.5) is 15.8 Å². The van der Waals surface area contributed by atoms with Crippen LogP contribution in [0.15, 0.2) is 127 Å². The highest BCUT2D eigenvalue weighted by Crippen LogP contribution is 2.64. The van der Waals surface area contributed by atoms with Crippen molar-refractivity contribution < 1.29 is 38.1 Å². The molecule has 6 atom stereocenters. The van der Waals surface area contributed by atoms with Gasteiger partial charge in [0.1, 0.15) is 11.5 Å². The number of fused-ring (bicyclic) bond motifs is 4. The number of allylic oxidation sites excluding steroid dienone is 2. The van der Waals surface area contributed by atoms with E-state index in [1.54, 1.807) is 56.7 Å². The molecule has 2 N–H and O–H groups in total. The summed E-state index contributed by atoms with van der Waals surface area (Å²) < 4.78 is 26.3. The van der Waals surface area contributed by atoms with Gasteiger partial charge in [-0.25, -0.2) is 4.39 Å². The molecule has 60 heavy (non-hydrogen) atoms. The van der Waals surface area contributed by atoms with Crippen molar-refractivity contribution in [3.63, 3.8) is 0 Å². The maximum Gasteiger partial charge on any atom is 0.260 e. The van der Waals surface area contributed by atoms with Gasteiger partial charge in [0, 0.05) is 11.5 Å². The number of hydrazine groups is 1. The lowest BCUT2D eigenvalue weighted by atomic mass is 9.49. The molecule has 1 saturated carbocycles. The maximum atomic E-state index is 15.4. The van der Waals surface area contributed by atoms with Crippen LogP contribution in [0.2, 0.25) is 0 Å². The van der Waals surface area contributed by atoms with E-state index in [1.165, 1.54) is 17.0 Å². The molecular formula is C49H42FN3O7. The summed E-state index contributed by atoms with van der Waals surface area (Å²) in [6, 6.07) is 33.0.